The topological polar surface area (TPSA) is 113 Å². The zero-order valence-electron chi connectivity index (χ0n) is 22.2. The molecule has 0 aliphatic carbocycles. The summed E-state index contributed by atoms with van der Waals surface area (Å²) < 4.78 is 31.4. The average molecular weight is 551 g/mol. The number of methoxy groups -OCH3 is 1. The molecule has 0 unspecified atom stereocenters. The standard InChI is InChI=1S/C30H34N2O6S/c1-3-32-19-17-30(18-20-32,39(36,37)24-9-5-4-6-10-24)29(35)31-26(28(33)34)21-22-13-15-23(16-14-22)25-11-7-8-12-27(25)38-2/h4-16,26H,3,17-21H2,1-2H3,(H,31,35)(H,33,34)/t26-/m0/s1. The van der Waals surface area contributed by atoms with E-state index in [0.717, 1.165) is 23.4 Å². The zero-order valence-corrected chi connectivity index (χ0v) is 23.0. The molecule has 2 N–H and O–H groups in total. The van der Waals surface area contributed by atoms with E-state index in [0.29, 0.717) is 18.7 Å². The molecule has 8 nitrogen and oxygen atoms in total. The third-order valence-electron chi connectivity index (χ3n) is 7.51. The Hall–Kier alpha value is -3.69. The summed E-state index contributed by atoms with van der Waals surface area (Å²) >= 11 is 0. The maximum atomic E-state index is 13.8. The minimum atomic E-state index is -4.09. The molecule has 1 saturated heterocycles. The molecule has 1 amide bonds. The molecule has 9 heteroatoms. The molecule has 206 valence electrons. The molecule has 39 heavy (non-hydrogen) atoms. The minimum absolute atomic E-state index is 0.00975. The maximum absolute atomic E-state index is 13.8. The fourth-order valence-electron chi connectivity index (χ4n) is 5.10. The quantitative estimate of drug-likeness (QED) is 0.395. The lowest BCUT2D eigenvalue weighted by molar-refractivity contribution is -0.142. The van der Waals surface area contributed by atoms with E-state index in [1.807, 2.05) is 43.3 Å². The molecule has 0 saturated carbocycles. The van der Waals surface area contributed by atoms with Gasteiger partial charge in [0, 0.05) is 25.1 Å². The van der Waals surface area contributed by atoms with Crippen molar-refractivity contribution in [3.8, 4) is 16.9 Å². The van der Waals surface area contributed by atoms with E-state index < -0.39 is 32.5 Å². The highest BCUT2D eigenvalue weighted by Gasteiger charge is 2.53. The number of nitrogens with zero attached hydrogens (tertiary/aromatic N) is 1. The minimum Gasteiger partial charge on any atom is -0.496 e. The zero-order chi connectivity index (χ0) is 28.0. The summed E-state index contributed by atoms with van der Waals surface area (Å²) in [6.07, 6.45) is 0.184. The molecule has 1 heterocycles. The van der Waals surface area contributed by atoms with Gasteiger partial charge in [0.1, 0.15) is 11.8 Å². The lowest BCUT2D eigenvalue weighted by atomic mass is 9.93. The molecule has 0 spiro atoms. The van der Waals surface area contributed by atoms with E-state index in [1.54, 1.807) is 37.4 Å². The number of carbonyl (C=O) groups excluding carboxylic acids is 1. The Morgan fingerprint density at radius 3 is 2.18 bits per heavy atom. The van der Waals surface area contributed by atoms with Gasteiger partial charge in [-0.2, -0.15) is 0 Å². The fraction of sp³-hybridized carbons (Fsp3) is 0.333. The van der Waals surface area contributed by atoms with Crippen molar-refractivity contribution in [1.82, 2.24) is 10.2 Å². The average Bonchev–Trinajstić information content (AvgIpc) is 2.97. The number of carboxylic acids is 1. The Morgan fingerprint density at radius 2 is 1.59 bits per heavy atom. The Bertz CT molecular complexity index is 1400. The SMILES string of the molecule is CCN1CCC(C(=O)N[C@@H](Cc2ccc(-c3ccccc3OC)cc2)C(=O)O)(S(=O)(=O)c2ccccc2)CC1. The van der Waals surface area contributed by atoms with Crippen molar-refractivity contribution in [3.05, 3.63) is 84.4 Å². The normalized spacial score (nSPS) is 16.3. The van der Waals surface area contributed by atoms with Gasteiger partial charge in [0.25, 0.3) is 0 Å². The number of piperidine rings is 1. The predicted octanol–water partition coefficient (Wildman–Crippen LogP) is 3.80. The van der Waals surface area contributed by atoms with Gasteiger partial charge in [0.2, 0.25) is 5.91 Å². The lowest BCUT2D eigenvalue weighted by Crippen LogP contribution is -2.60. The second-order valence-electron chi connectivity index (χ2n) is 9.71. The summed E-state index contributed by atoms with van der Waals surface area (Å²) in [5.74, 6) is -1.27. The lowest BCUT2D eigenvalue weighted by Gasteiger charge is -2.40. The Labute approximate surface area is 229 Å². The molecule has 1 aliphatic heterocycles. The highest BCUT2D eigenvalue weighted by molar-refractivity contribution is 7.93. The van der Waals surface area contributed by atoms with Crippen molar-refractivity contribution in [1.29, 1.82) is 0 Å². The van der Waals surface area contributed by atoms with Crippen LogP contribution in [0.25, 0.3) is 11.1 Å². The van der Waals surface area contributed by atoms with Crippen molar-refractivity contribution in [2.45, 2.75) is 41.9 Å². The number of likely N-dealkylation sites (tertiary alicyclic amines) is 1. The number of amides is 1. The van der Waals surface area contributed by atoms with Gasteiger partial charge in [-0.3, -0.25) is 4.79 Å². The van der Waals surface area contributed by atoms with Crippen LogP contribution in [0.2, 0.25) is 0 Å². The molecule has 1 aliphatic rings. The predicted molar refractivity (Wildman–Crippen MR) is 149 cm³/mol. The number of hydrogen-bond donors (Lipinski definition) is 2. The third-order valence-corrected chi connectivity index (χ3v) is 10.0. The van der Waals surface area contributed by atoms with Crippen LogP contribution in [0.15, 0.2) is 83.8 Å². The second kappa shape index (κ2) is 12.0. The van der Waals surface area contributed by atoms with Gasteiger partial charge in [-0.1, -0.05) is 67.6 Å². The monoisotopic (exact) mass is 550 g/mol. The summed E-state index contributed by atoms with van der Waals surface area (Å²) in [6.45, 7) is 3.58. The number of carbonyl (C=O) groups is 2. The molecule has 1 fully saturated rings. The largest absolute Gasteiger partial charge is 0.496 e. The molecule has 0 aromatic heterocycles. The first-order valence-corrected chi connectivity index (χ1v) is 14.5. The van der Waals surface area contributed by atoms with Crippen molar-refractivity contribution in [2.24, 2.45) is 0 Å². The van der Waals surface area contributed by atoms with Gasteiger partial charge < -0.3 is 20.1 Å². The van der Waals surface area contributed by atoms with Gasteiger partial charge in [-0.25, -0.2) is 13.2 Å². The number of benzene rings is 3. The number of rotatable bonds is 10. The number of nitrogens with one attached hydrogen (secondary N) is 1. The van der Waals surface area contributed by atoms with Gasteiger partial charge in [-0.15, -0.1) is 0 Å². The highest BCUT2D eigenvalue weighted by atomic mass is 32.2. The third kappa shape index (κ3) is 5.84. The number of aliphatic carboxylic acids is 1. The Kier molecular flexibility index (Phi) is 8.72. The smallest absolute Gasteiger partial charge is 0.326 e. The van der Waals surface area contributed by atoms with Crippen molar-refractivity contribution >= 4 is 21.7 Å². The van der Waals surface area contributed by atoms with Gasteiger partial charge in [-0.05, 0) is 48.7 Å². The number of carboxylic acid groups (broad SMARTS) is 1. The van der Waals surface area contributed by atoms with E-state index >= 15 is 0 Å². The first-order chi connectivity index (χ1) is 18.7. The summed E-state index contributed by atoms with van der Waals surface area (Å²) in [5.41, 5.74) is 2.51. The number of hydrogen-bond acceptors (Lipinski definition) is 6. The summed E-state index contributed by atoms with van der Waals surface area (Å²) in [4.78, 5) is 28.1. The van der Waals surface area contributed by atoms with Crippen LogP contribution >= 0.6 is 0 Å². The number of ether oxygens (including phenoxy) is 1. The van der Waals surface area contributed by atoms with E-state index in [-0.39, 0.29) is 24.2 Å². The maximum Gasteiger partial charge on any atom is 0.326 e. The Balaban J connectivity index is 1.58. The van der Waals surface area contributed by atoms with Crippen molar-refractivity contribution < 1.29 is 27.9 Å². The van der Waals surface area contributed by atoms with Crippen LogP contribution in [-0.2, 0) is 25.8 Å². The number of para-hydroxylation sites is 1. The van der Waals surface area contributed by atoms with Crippen molar-refractivity contribution in [3.63, 3.8) is 0 Å². The van der Waals surface area contributed by atoms with E-state index in [4.69, 9.17) is 4.74 Å². The molecule has 0 radical (unpaired) electrons. The van der Waals surface area contributed by atoms with E-state index in [2.05, 4.69) is 10.2 Å². The van der Waals surface area contributed by atoms with Gasteiger partial charge >= 0.3 is 5.97 Å². The highest BCUT2D eigenvalue weighted by Crippen LogP contribution is 2.36. The summed E-state index contributed by atoms with van der Waals surface area (Å²) in [6, 6.07) is 21.6. The molecular weight excluding hydrogens is 516 g/mol. The van der Waals surface area contributed by atoms with Crippen LogP contribution < -0.4 is 10.1 Å². The fourth-order valence-corrected chi connectivity index (χ4v) is 7.09. The first kappa shape index (κ1) is 28.3. The first-order valence-electron chi connectivity index (χ1n) is 13.0. The van der Waals surface area contributed by atoms with Crippen LogP contribution in [0.3, 0.4) is 0 Å². The molecule has 3 aromatic rings. The molecule has 1 atom stereocenters. The van der Waals surface area contributed by atoms with E-state index in [1.165, 1.54) is 12.1 Å². The molecule has 3 aromatic carbocycles. The Morgan fingerprint density at radius 1 is 0.974 bits per heavy atom. The molecule has 0 bridgehead atoms. The van der Waals surface area contributed by atoms with Gasteiger partial charge in [0.05, 0.1) is 12.0 Å². The molecular formula is C30H34N2O6S. The van der Waals surface area contributed by atoms with E-state index in [9.17, 15) is 23.1 Å². The van der Waals surface area contributed by atoms with Crippen LogP contribution in [0.4, 0.5) is 0 Å². The van der Waals surface area contributed by atoms with Crippen LogP contribution in [-0.4, -0.2) is 67.8 Å². The van der Waals surface area contributed by atoms with Crippen molar-refractivity contribution in [2.75, 3.05) is 26.7 Å². The van der Waals surface area contributed by atoms with Crippen LogP contribution in [0, 0.1) is 0 Å². The summed E-state index contributed by atoms with van der Waals surface area (Å²) in [7, 11) is -2.48. The second-order valence-corrected chi connectivity index (χ2v) is 12.0. The molecule has 4 rings (SSSR count). The van der Waals surface area contributed by atoms with Crippen LogP contribution in [0.1, 0.15) is 25.3 Å². The van der Waals surface area contributed by atoms with Crippen LogP contribution in [0.5, 0.6) is 5.75 Å². The van der Waals surface area contributed by atoms with Gasteiger partial charge in [0.15, 0.2) is 14.6 Å². The number of sulfone groups is 1. The summed E-state index contributed by atoms with van der Waals surface area (Å²) in [5, 5.41) is 12.6.